The first-order valence-corrected chi connectivity index (χ1v) is 7.51. The van der Waals surface area contributed by atoms with Crippen LogP contribution in [0.5, 0.6) is 11.6 Å². The summed E-state index contributed by atoms with van der Waals surface area (Å²) in [5, 5.41) is 9.01. The minimum atomic E-state index is -0.830. The SMILES string of the molecule is Cc1ncccc1Oc1cncc([C@@H]2CCCN2CC(=O)O)n1. The smallest absolute Gasteiger partial charge is 0.317 e. The molecule has 7 nitrogen and oxygen atoms in total. The van der Waals surface area contributed by atoms with Crippen LogP contribution in [0.4, 0.5) is 0 Å². The van der Waals surface area contributed by atoms with E-state index in [9.17, 15) is 4.79 Å². The van der Waals surface area contributed by atoms with E-state index in [1.165, 1.54) is 0 Å². The molecule has 1 aliphatic rings. The maximum absolute atomic E-state index is 11.0. The number of carboxylic acid groups (broad SMARTS) is 1. The van der Waals surface area contributed by atoms with Crippen LogP contribution < -0.4 is 4.74 Å². The predicted octanol–water partition coefficient (Wildman–Crippen LogP) is 2.19. The summed E-state index contributed by atoms with van der Waals surface area (Å²) in [6, 6.07) is 3.59. The highest BCUT2D eigenvalue weighted by Gasteiger charge is 2.29. The first-order valence-electron chi connectivity index (χ1n) is 7.51. The lowest BCUT2D eigenvalue weighted by molar-refractivity contribution is -0.138. The van der Waals surface area contributed by atoms with Crippen molar-refractivity contribution in [2.45, 2.75) is 25.8 Å². The summed E-state index contributed by atoms with van der Waals surface area (Å²) in [5.74, 6) is 0.191. The maximum Gasteiger partial charge on any atom is 0.317 e. The Morgan fingerprint density at radius 3 is 3.13 bits per heavy atom. The van der Waals surface area contributed by atoms with E-state index in [0.29, 0.717) is 11.6 Å². The second-order valence-electron chi connectivity index (χ2n) is 5.49. The molecule has 0 spiro atoms. The maximum atomic E-state index is 11.0. The van der Waals surface area contributed by atoms with Crippen molar-refractivity contribution < 1.29 is 14.6 Å². The first-order chi connectivity index (χ1) is 11.1. The van der Waals surface area contributed by atoms with Gasteiger partial charge in [0.2, 0.25) is 5.88 Å². The Hall–Kier alpha value is -2.54. The third-order valence-electron chi connectivity index (χ3n) is 3.85. The first kappa shape index (κ1) is 15.4. The van der Waals surface area contributed by atoms with Crippen LogP contribution in [0, 0.1) is 6.92 Å². The van der Waals surface area contributed by atoms with Crippen LogP contribution in [-0.2, 0) is 4.79 Å². The molecule has 120 valence electrons. The number of nitrogens with zero attached hydrogens (tertiary/aromatic N) is 4. The highest BCUT2D eigenvalue weighted by molar-refractivity contribution is 5.69. The van der Waals surface area contributed by atoms with Gasteiger partial charge in [-0.3, -0.25) is 19.7 Å². The normalized spacial score (nSPS) is 18.0. The molecule has 1 saturated heterocycles. The predicted molar refractivity (Wildman–Crippen MR) is 82.3 cm³/mol. The molecular formula is C16H18N4O3. The van der Waals surface area contributed by atoms with Gasteiger partial charge in [0.15, 0.2) is 5.75 Å². The summed E-state index contributed by atoms with van der Waals surface area (Å²) >= 11 is 0. The number of aliphatic carboxylic acids is 1. The fourth-order valence-corrected chi connectivity index (χ4v) is 2.79. The zero-order chi connectivity index (χ0) is 16.2. The van der Waals surface area contributed by atoms with Crippen molar-refractivity contribution in [3.8, 4) is 11.6 Å². The van der Waals surface area contributed by atoms with Gasteiger partial charge in [-0.25, -0.2) is 4.98 Å². The van der Waals surface area contributed by atoms with Crippen molar-refractivity contribution in [1.82, 2.24) is 19.9 Å². The molecule has 0 saturated carbocycles. The number of hydrogen-bond acceptors (Lipinski definition) is 6. The number of aromatic nitrogens is 3. The lowest BCUT2D eigenvalue weighted by Crippen LogP contribution is -2.29. The molecule has 1 N–H and O–H groups in total. The van der Waals surface area contributed by atoms with E-state index >= 15 is 0 Å². The Bertz CT molecular complexity index is 707. The second kappa shape index (κ2) is 6.70. The molecule has 0 unspecified atom stereocenters. The second-order valence-corrected chi connectivity index (χ2v) is 5.49. The summed E-state index contributed by atoms with van der Waals surface area (Å²) in [5.41, 5.74) is 1.51. The van der Waals surface area contributed by atoms with Crippen molar-refractivity contribution in [3.05, 3.63) is 42.1 Å². The summed E-state index contributed by atoms with van der Waals surface area (Å²) < 4.78 is 5.75. The van der Waals surface area contributed by atoms with Gasteiger partial charge in [-0.05, 0) is 38.4 Å². The molecule has 0 aliphatic carbocycles. The van der Waals surface area contributed by atoms with Gasteiger partial charge >= 0.3 is 5.97 Å². The molecule has 1 fully saturated rings. The average Bonchev–Trinajstić information content (AvgIpc) is 2.97. The van der Waals surface area contributed by atoms with E-state index in [-0.39, 0.29) is 12.6 Å². The van der Waals surface area contributed by atoms with Crippen molar-refractivity contribution in [3.63, 3.8) is 0 Å². The van der Waals surface area contributed by atoms with E-state index in [1.807, 2.05) is 17.9 Å². The monoisotopic (exact) mass is 314 g/mol. The third-order valence-corrected chi connectivity index (χ3v) is 3.85. The van der Waals surface area contributed by atoms with E-state index < -0.39 is 5.97 Å². The van der Waals surface area contributed by atoms with Gasteiger partial charge in [0.1, 0.15) is 0 Å². The van der Waals surface area contributed by atoms with Gasteiger partial charge in [-0.15, -0.1) is 0 Å². The Balaban J connectivity index is 1.80. The van der Waals surface area contributed by atoms with Crippen LogP contribution in [0.3, 0.4) is 0 Å². The van der Waals surface area contributed by atoms with Gasteiger partial charge in [0.25, 0.3) is 0 Å². The fourth-order valence-electron chi connectivity index (χ4n) is 2.79. The van der Waals surface area contributed by atoms with Crippen molar-refractivity contribution in [2.24, 2.45) is 0 Å². The van der Waals surface area contributed by atoms with Crippen molar-refractivity contribution in [1.29, 1.82) is 0 Å². The van der Waals surface area contributed by atoms with Crippen molar-refractivity contribution >= 4 is 5.97 Å². The number of ether oxygens (including phenoxy) is 1. The molecule has 3 heterocycles. The standard InChI is InChI=1S/C16H18N4O3/c1-11-14(5-2-6-18-11)23-15-9-17-8-12(19-15)13-4-3-7-20(13)10-16(21)22/h2,5-6,8-9,13H,3-4,7,10H2,1H3,(H,21,22)/t13-/m0/s1. The molecule has 2 aromatic rings. The zero-order valence-electron chi connectivity index (χ0n) is 12.8. The van der Waals surface area contributed by atoms with E-state index in [4.69, 9.17) is 9.84 Å². The topological polar surface area (TPSA) is 88.4 Å². The van der Waals surface area contributed by atoms with Crippen molar-refractivity contribution in [2.75, 3.05) is 13.1 Å². The van der Waals surface area contributed by atoms with E-state index in [0.717, 1.165) is 30.8 Å². The number of pyridine rings is 1. The molecule has 7 heteroatoms. The zero-order valence-corrected chi connectivity index (χ0v) is 12.8. The summed E-state index contributed by atoms with van der Waals surface area (Å²) in [6.07, 6.45) is 6.75. The Labute approximate surface area is 134 Å². The lowest BCUT2D eigenvalue weighted by atomic mass is 10.1. The molecule has 0 amide bonds. The highest BCUT2D eigenvalue weighted by atomic mass is 16.5. The molecule has 0 aromatic carbocycles. The number of likely N-dealkylation sites (tertiary alicyclic amines) is 1. The molecule has 23 heavy (non-hydrogen) atoms. The van der Waals surface area contributed by atoms with Crippen LogP contribution in [0.1, 0.15) is 30.3 Å². The quantitative estimate of drug-likeness (QED) is 0.905. The number of hydrogen-bond donors (Lipinski definition) is 1. The molecular weight excluding hydrogens is 296 g/mol. The Kier molecular flexibility index (Phi) is 4.47. The number of rotatable bonds is 5. The van der Waals surface area contributed by atoms with E-state index in [1.54, 1.807) is 24.7 Å². The van der Waals surface area contributed by atoms with Crippen LogP contribution in [0.15, 0.2) is 30.7 Å². The Morgan fingerprint density at radius 1 is 1.48 bits per heavy atom. The summed E-state index contributed by atoms with van der Waals surface area (Å²) in [7, 11) is 0. The van der Waals surface area contributed by atoms with Crippen LogP contribution in [0.2, 0.25) is 0 Å². The van der Waals surface area contributed by atoms with Gasteiger partial charge in [-0.2, -0.15) is 0 Å². The molecule has 0 radical (unpaired) electrons. The van der Waals surface area contributed by atoms with Gasteiger partial charge < -0.3 is 9.84 Å². The summed E-state index contributed by atoms with van der Waals surface area (Å²) in [4.78, 5) is 25.7. The lowest BCUT2D eigenvalue weighted by Gasteiger charge is -2.21. The number of aryl methyl sites for hydroxylation is 1. The number of carbonyl (C=O) groups is 1. The molecule has 0 bridgehead atoms. The van der Waals surface area contributed by atoms with Crippen LogP contribution >= 0.6 is 0 Å². The summed E-state index contributed by atoms with van der Waals surface area (Å²) in [6.45, 7) is 2.63. The van der Waals surface area contributed by atoms with Gasteiger partial charge in [-0.1, -0.05) is 0 Å². The highest BCUT2D eigenvalue weighted by Crippen LogP contribution is 2.31. The minimum Gasteiger partial charge on any atom is -0.480 e. The van der Waals surface area contributed by atoms with Crippen LogP contribution in [-0.4, -0.2) is 44.0 Å². The average molecular weight is 314 g/mol. The molecule has 1 atom stereocenters. The third kappa shape index (κ3) is 3.62. The molecule has 2 aromatic heterocycles. The number of carboxylic acids is 1. The molecule has 1 aliphatic heterocycles. The van der Waals surface area contributed by atoms with Gasteiger partial charge in [0.05, 0.1) is 36.4 Å². The largest absolute Gasteiger partial charge is 0.480 e. The van der Waals surface area contributed by atoms with Crippen LogP contribution in [0.25, 0.3) is 0 Å². The molecule has 3 rings (SSSR count). The minimum absolute atomic E-state index is 0.0130. The Morgan fingerprint density at radius 2 is 2.35 bits per heavy atom. The fraction of sp³-hybridized carbons (Fsp3) is 0.375. The van der Waals surface area contributed by atoms with E-state index in [2.05, 4.69) is 15.0 Å². The van der Waals surface area contributed by atoms with Gasteiger partial charge in [0, 0.05) is 6.20 Å².